The van der Waals surface area contributed by atoms with E-state index >= 15 is 0 Å². The van der Waals surface area contributed by atoms with E-state index in [1.807, 2.05) is 6.92 Å². The van der Waals surface area contributed by atoms with Gasteiger partial charge in [0.1, 0.15) is 6.54 Å². The fourth-order valence-electron chi connectivity index (χ4n) is 2.16. The number of benzene rings is 1. The SMILES string of the molecule is CCOc1ncc(NC(=O)Cn2cnc3ccccc3c2=O)cn1. The summed E-state index contributed by atoms with van der Waals surface area (Å²) in [6, 6.07) is 7.23. The first-order valence-electron chi connectivity index (χ1n) is 7.36. The van der Waals surface area contributed by atoms with E-state index < -0.39 is 0 Å². The van der Waals surface area contributed by atoms with Crippen LogP contribution in [0.2, 0.25) is 0 Å². The summed E-state index contributed by atoms with van der Waals surface area (Å²) in [6.07, 6.45) is 4.24. The van der Waals surface area contributed by atoms with Gasteiger partial charge in [-0.2, -0.15) is 0 Å². The van der Waals surface area contributed by atoms with Crippen molar-refractivity contribution in [1.82, 2.24) is 19.5 Å². The third-order valence-electron chi connectivity index (χ3n) is 3.23. The maximum absolute atomic E-state index is 12.3. The Kier molecular flexibility index (Phi) is 4.46. The highest BCUT2D eigenvalue weighted by molar-refractivity contribution is 5.90. The minimum atomic E-state index is -0.373. The van der Waals surface area contributed by atoms with Crippen molar-refractivity contribution in [1.29, 1.82) is 0 Å². The average Bonchev–Trinajstić information content (AvgIpc) is 2.60. The van der Waals surface area contributed by atoms with E-state index in [1.54, 1.807) is 24.3 Å². The van der Waals surface area contributed by atoms with E-state index in [0.717, 1.165) is 0 Å². The Morgan fingerprint density at radius 1 is 1.21 bits per heavy atom. The van der Waals surface area contributed by atoms with Crippen LogP contribution in [-0.4, -0.2) is 32.0 Å². The van der Waals surface area contributed by atoms with Crippen LogP contribution in [0.3, 0.4) is 0 Å². The molecule has 1 N–H and O–H groups in total. The summed E-state index contributed by atoms with van der Waals surface area (Å²) in [5.74, 6) is -0.373. The number of hydrogen-bond acceptors (Lipinski definition) is 6. The number of fused-ring (bicyclic) bond motifs is 1. The first kappa shape index (κ1) is 15.6. The first-order chi connectivity index (χ1) is 11.7. The summed E-state index contributed by atoms with van der Waals surface area (Å²) in [4.78, 5) is 36.5. The molecule has 0 aliphatic rings. The Morgan fingerprint density at radius 3 is 2.71 bits per heavy atom. The van der Waals surface area contributed by atoms with Crippen molar-refractivity contribution in [3.05, 3.63) is 53.3 Å². The molecule has 8 nitrogen and oxygen atoms in total. The molecule has 0 aliphatic heterocycles. The van der Waals surface area contributed by atoms with Gasteiger partial charge in [-0.1, -0.05) is 12.1 Å². The quantitative estimate of drug-likeness (QED) is 0.757. The van der Waals surface area contributed by atoms with Gasteiger partial charge in [-0.15, -0.1) is 0 Å². The molecule has 0 bridgehead atoms. The topological polar surface area (TPSA) is 99.0 Å². The van der Waals surface area contributed by atoms with E-state index in [4.69, 9.17) is 4.74 Å². The third kappa shape index (κ3) is 3.37. The monoisotopic (exact) mass is 325 g/mol. The molecule has 0 unspecified atom stereocenters. The lowest BCUT2D eigenvalue weighted by molar-refractivity contribution is -0.116. The molecule has 2 heterocycles. The van der Waals surface area contributed by atoms with Crippen molar-refractivity contribution in [3.63, 3.8) is 0 Å². The van der Waals surface area contributed by atoms with E-state index in [0.29, 0.717) is 23.2 Å². The Balaban J connectivity index is 1.73. The van der Waals surface area contributed by atoms with Gasteiger partial charge >= 0.3 is 6.01 Å². The summed E-state index contributed by atoms with van der Waals surface area (Å²) >= 11 is 0. The Labute approximate surface area is 137 Å². The van der Waals surface area contributed by atoms with E-state index in [9.17, 15) is 9.59 Å². The molecule has 0 radical (unpaired) electrons. The van der Waals surface area contributed by atoms with Crippen LogP contribution >= 0.6 is 0 Å². The van der Waals surface area contributed by atoms with Gasteiger partial charge in [0.2, 0.25) is 5.91 Å². The Bertz CT molecular complexity index is 921. The summed E-state index contributed by atoms with van der Waals surface area (Å²) < 4.78 is 6.39. The molecule has 0 spiro atoms. The molecule has 24 heavy (non-hydrogen) atoms. The van der Waals surface area contributed by atoms with E-state index in [1.165, 1.54) is 23.3 Å². The maximum Gasteiger partial charge on any atom is 0.316 e. The predicted molar refractivity (Wildman–Crippen MR) is 87.8 cm³/mol. The fraction of sp³-hybridized carbons (Fsp3) is 0.188. The maximum atomic E-state index is 12.3. The lowest BCUT2D eigenvalue weighted by atomic mass is 10.2. The normalized spacial score (nSPS) is 10.5. The largest absolute Gasteiger partial charge is 0.464 e. The molecular formula is C16H15N5O3. The molecule has 0 fully saturated rings. The van der Waals surface area contributed by atoms with Crippen molar-refractivity contribution >= 4 is 22.5 Å². The predicted octanol–water partition coefficient (Wildman–Crippen LogP) is 1.22. The molecule has 3 rings (SSSR count). The van der Waals surface area contributed by atoms with Crippen LogP contribution in [-0.2, 0) is 11.3 Å². The lowest BCUT2D eigenvalue weighted by Gasteiger charge is -2.08. The second kappa shape index (κ2) is 6.86. The Morgan fingerprint density at radius 2 is 1.96 bits per heavy atom. The molecule has 122 valence electrons. The van der Waals surface area contributed by atoms with Crippen molar-refractivity contribution in [2.75, 3.05) is 11.9 Å². The molecule has 3 aromatic rings. The van der Waals surface area contributed by atoms with Crippen LogP contribution in [0, 0.1) is 0 Å². The molecular weight excluding hydrogens is 310 g/mol. The number of ether oxygens (including phenoxy) is 1. The third-order valence-corrected chi connectivity index (χ3v) is 3.23. The first-order valence-corrected chi connectivity index (χ1v) is 7.36. The fourth-order valence-corrected chi connectivity index (χ4v) is 2.16. The number of rotatable bonds is 5. The van der Waals surface area contributed by atoms with Gasteiger partial charge < -0.3 is 10.1 Å². The van der Waals surface area contributed by atoms with Crippen LogP contribution in [0.4, 0.5) is 5.69 Å². The number of hydrogen-bond donors (Lipinski definition) is 1. The number of nitrogens with zero attached hydrogens (tertiary/aromatic N) is 4. The highest BCUT2D eigenvalue weighted by atomic mass is 16.5. The number of anilines is 1. The highest BCUT2D eigenvalue weighted by Gasteiger charge is 2.09. The minimum Gasteiger partial charge on any atom is -0.464 e. The Hall–Kier alpha value is -3.29. The smallest absolute Gasteiger partial charge is 0.316 e. The second-order valence-corrected chi connectivity index (χ2v) is 4.93. The summed E-state index contributed by atoms with van der Waals surface area (Å²) in [6.45, 7) is 2.14. The van der Waals surface area contributed by atoms with E-state index in [2.05, 4.69) is 20.3 Å². The molecule has 8 heteroatoms. The van der Waals surface area contributed by atoms with Gasteiger partial charge in [0.15, 0.2) is 0 Å². The van der Waals surface area contributed by atoms with Crippen molar-refractivity contribution in [3.8, 4) is 6.01 Å². The molecule has 1 amide bonds. The molecule has 1 aromatic carbocycles. The molecule has 0 atom stereocenters. The number of nitrogens with one attached hydrogen (secondary N) is 1. The zero-order chi connectivity index (χ0) is 16.9. The number of para-hydroxylation sites is 1. The molecule has 0 aliphatic carbocycles. The van der Waals surface area contributed by atoms with E-state index in [-0.39, 0.29) is 24.0 Å². The molecule has 0 saturated carbocycles. The van der Waals surface area contributed by atoms with Gasteiger partial charge in [0.25, 0.3) is 5.56 Å². The van der Waals surface area contributed by atoms with Crippen molar-refractivity contribution < 1.29 is 9.53 Å². The van der Waals surface area contributed by atoms with Gasteiger partial charge in [0.05, 0.1) is 41.9 Å². The van der Waals surface area contributed by atoms with Gasteiger partial charge in [-0.3, -0.25) is 14.2 Å². The van der Waals surface area contributed by atoms with Crippen LogP contribution in [0.5, 0.6) is 6.01 Å². The van der Waals surface area contributed by atoms with Crippen molar-refractivity contribution in [2.24, 2.45) is 0 Å². The number of carbonyl (C=O) groups is 1. The highest BCUT2D eigenvalue weighted by Crippen LogP contribution is 2.08. The zero-order valence-electron chi connectivity index (χ0n) is 13.0. The van der Waals surface area contributed by atoms with Crippen LogP contribution < -0.4 is 15.6 Å². The molecule has 2 aromatic heterocycles. The van der Waals surface area contributed by atoms with Crippen LogP contribution in [0.1, 0.15) is 6.92 Å². The number of aromatic nitrogens is 4. The zero-order valence-corrected chi connectivity index (χ0v) is 13.0. The van der Waals surface area contributed by atoms with Crippen LogP contribution in [0.25, 0.3) is 10.9 Å². The summed E-state index contributed by atoms with van der Waals surface area (Å²) in [5, 5.41) is 3.10. The average molecular weight is 325 g/mol. The van der Waals surface area contributed by atoms with Gasteiger partial charge in [0, 0.05) is 0 Å². The van der Waals surface area contributed by atoms with Crippen LogP contribution in [0.15, 0.2) is 47.8 Å². The van der Waals surface area contributed by atoms with Gasteiger partial charge in [-0.25, -0.2) is 15.0 Å². The second-order valence-electron chi connectivity index (χ2n) is 4.93. The summed E-state index contributed by atoms with van der Waals surface area (Å²) in [5.41, 5.74) is 0.753. The number of carbonyl (C=O) groups excluding carboxylic acids is 1. The lowest BCUT2D eigenvalue weighted by Crippen LogP contribution is -2.28. The minimum absolute atomic E-state index is 0.149. The number of amides is 1. The summed E-state index contributed by atoms with van der Waals surface area (Å²) in [7, 11) is 0. The van der Waals surface area contributed by atoms with Gasteiger partial charge in [-0.05, 0) is 19.1 Å². The standard InChI is InChI=1S/C16H15N5O3/c1-2-24-16-17-7-11(8-18-16)20-14(22)9-21-10-19-13-6-4-3-5-12(13)15(21)23/h3-8,10H,2,9H2,1H3,(H,20,22). The molecule has 0 saturated heterocycles. The van der Waals surface area contributed by atoms with Crippen molar-refractivity contribution in [2.45, 2.75) is 13.5 Å².